The van der Waals surface area contributed by atoms with Crippen LogP contribution in [0.4, 0.5) is 0 Å². The molecular formula is C5H13B2N. The van der Waals surface area contributed by atoms with Gasteiger partial charge < -0.3 is 5.73 Å². The Hall–Kier alpha value is 0.0899. The molecule has 0 aromatic heterocycles. The minimum Gasteiger partial charge on any atom is -0.331 e. The van der Waals surface area contributed by atoms with Crippen LogP contribution in [0, 0.1) is 0 Å². The monoisotopic (exact) mass is 109 g/mol. The summed E-state index contributed by atoms with van der Waals surface area (Å²) in [6, 6.07) is 0. The molecule has 8 heavy (non-hydrogen) atoms. The van der Waals surface area contributed by atoms with Gasteiger partial charge in [-0.2, -0.15) is 0 Å². The van der Waals surface area contributed by atoms with E-state index >= 15 is 0 Å². The van der Waals surface area contributed by atoms with Crippen LogP contribution in [-0.4, -0.2) is 21.1 Å². The van der Waals surface area contributed by atoms with Gasteiger partial charge in [-0.1, -0.05) is 25.8 Å². The smallest absolute Gasteiger partial charge is 0.110 e. The molecule has 1 nitrogen and oxygen atoms in total. The Morgan fingerprint density at radius 2 is 2.12 bits per heavy atom. The normalized spacial score (nSPS) is 12.9. The molecule has 0 aliphatic carbocycles. The molecule has 3 heteroatoms. The molecule has 0 heterocycles. The molecule has 0 aromatic rings. The topological polar surface area (TPSA) is 26.0 Å². The Kier molecular flexibility index (Phi) is 5.29. The third kappa shape index (κ3) is 3.14. The van der Waals surface area contributed by atoms with Crippen molar-refractivity contribution in [3.05, 3.63) is 0 Å². The van der Waals surface area contributed by atoms with E-state index < -0.39 is 0 Å². The maximum Gasteiger partial charge on any atom is 0.110 e. The molecular weight excluding hydrogens is 95.7 g/mol. The molecule has 1 atom stereocenters. The molecule has 1 unspecified atom stereocenters. The fourth-order valence-electron chi connectivity index (χ4n) is 0.671. The molecule has 0 aromatic carbocycles. The van der Waals surface area contributed by atoms with Crippen molar-refractivity contribution < 1.29 is 0 Å². The Bertz CT molecular complexity index is 45.7. The van der Waals surface area contributed by atoms with Crippen molar-refractivity contribution in [3.63, 3.8) is 0 Å². The summed E-state index contributed by atoms with van der Waals surface area (Å²) >= 11 is 0. The van der Waals surface area contributed by atoms with E-state index in [9.17, 15) is 0 Å². The SMILES string of the molecule is C[B]CC([B]C)CN. The van der Waals surface area contributed by atoms with E-state index in [1.165, 1.54) is 0 Å². The Labute approximate surface area is 53.5 Å². The van der Waals surface area contributed by atoms with E-state index in [2.05, 4.69) is 28.2 Å². The first kappa shape index (κ1) is 8.09. The van der Waals surface area contributed by atoms with E-state index in [-0.39, 0.29) is 0 Å². The van der Waals surface area contributed by atoms with Crippen LogP contribution < -0.4 is 5.73 Å². The molecule has 0 bridgehead atoms. The fourth-order valence-corrected chi connectivity index (χ4v) is 0.671. The molecule has 2 N–H and O–H groups in total. The Morgan fingerprint density at radius 1 is 1.50 bits per heavy atom. The van der Waals surface area contributed by atoms with Gasteiger partial charge in [0.15, 0.2) is 0 Å². The summed E-state index contributed by atoms with van der Waals surface area (Å²) in [7, 11) is 4.30. The van der Waals surface area contributed by atoms with E-state index in [0.29, 0.717) is 5.82 Å². The van der Waals surface area contributed by atoms with Crippen LogP contribution >= 0.6 is 0 Å². The number of hydrogen-bond donors (Lipinski definition) is 1. The van der Waals surface area contributed by atoms with Gasteiger partial charge in [-0.05, 0) is 6.54 Å². The molecule has 0 saturated carbocycles. The van der Waals surface area contributed by atoms with Crippen LogP contribution in [0.3, 0.4) is 0 Å². The van der Waals surface area contributed by atoms with E-state index in [0.717, 1.165) is 12.9 Å². The lowest BCUT2D eigenvalue weighted by atomic mass is 9.57. The molecule has 0 rings (SSSR count). The van der Waals surface area contributed by atoms with Gasteiger partial charge in [-0.25, -0.2) is 0 Å². The van der Waals surface area contributed by atoms with Crippen molar-refractivity contribution in [2.45, 2.75) is 25.8 Å². The minimum absolute atomic E-state index is 0.597. The second-order valence-electron chi connectivity index (χ2n) is 1.97. The Balaban J connectivity index is 3.07. The van der Waals surface area contributed by atoms with Gasteiger partial charge in [-0.3, -0.25) is 0 Å². The zero-order valence-corrected chi connectivity index (χ0v) is 5.72. The maximum absolute atomic E-state index is 5.42. The number of hydrogen-bond acceptors (Lipinski definition) is 1. The molecule has 0 aliphatic heterocycles. The third-order valence-corrected chi connectivity index (χ3v) is 1.31. The lowest BCUT2D eigenvalue weighted by Crippen LogP contribution is -2.13. The van der Waals surface area contributed by atoms with Crippen LogP contribution in [0.15, 0.2) is 0 Å². The highest BCUT2D eigenvalue weighted by Gasteiger charge is 2.00. The zero-order valence-electron chi connectivity index (χ0n) is 5.72. The number of rotatable bonds is 4. The number of nitrogens with two attached hydrogens (primary N) is 1. The van der Waals surface area contributed by atoms with Gasteiger partial charge in [0.1, 0.15) is 14.6 Å². The predicted octanol–water partition coefficient (Wildman–Crippen LogP) is 0.656. The highest BCUT2D eigenvalue weighted by atomic mass is 14.5. The van der Waals surface area contributed by atoms with E-state index in [1.54, 1.807) is 0 Å². The van der Waals surface area contributed by atoms with E-state index in [1.807, 2.05) is 0 Å². The van der Waals surface area contributed by atoms with Crippen LogP contribution in [-0.2, 0) is 0 Å². The standard InChI is InChI=1S/C5H13B2N/c1-6-3-5(4-8)7-2/h5H,3-4,8H2,1-2H3. The van der Waals surface area contributed by atoms with E-state index in [4.69, 9.17) is 5.73 Å². The molecule has 0 aliphatic rings. The largest absolute Gasteiger partial charge is 0.331 e. The summed E-state index contributed by atoms with van der Waals surface area (Å²) in [5, 5.41) is 0. The summed E-state index contributed by atoms with van der Waals surface area (Å²) in [6.07, 6.45) is 1.12. The average molecular weight is 109 g/mol. The van der Waals surface area contributed by atoms with Gasteiger partial charge in [0, 0.05) is 0 Å². The lowest BCUT2D eigenvalue weighted by molar-refractivity contribution is 0.910. The van der Waals surface area contributed by atoms with Gasteiger partial charge in [-0.15, -0.1) is 0 Å². The van der Waals surface area contributed by atoms with Crippen LogP contribution in [0.1, 0.15) is 0 Å². The third-order valence-electron chi connectivity index (χ3n) is 1.31. The van der Waals surface area contributed by atoms with Gasteiger partial charge >= 0.3 is 0 Å². The molecule has 0 amide bonds. The molecule has 0 spiro atoms. The summed E-state index contributed by atoms with van der Waals surface area (Å²) < 4.78 is 0. The first-order valence-corrected chi connectivity index (χ1v) is 3.12. The van der Waals surface area contributed by atoms with Gasteiger partial charge in [0.2, 0.25) is 0 Å². The van der Waals surface area contributed by atoms with Crippen molar-refractivity contribution in [3.8, 4) is 0 Å². The first-order chi connectivity index (χ1) is 3.85. The second-order valence-corrected chi connectivity index (χ2v) is 1.97. The highest BCUT2D eigenvalue weighted by Crippen LogP contribution is 2.05. The summed E-state index contributed by atoms with van der Waals surface area (Å²) in [5.41, 5.74) is 5.42. The summed E-state index contributed by atoms with van der Waals surface area (Å²) in [5.74, 6) is 0.597. The molecule has 44 valence electrons. The van der Waals surface area contributed by atoms with Crippen LogP contribution in [0.2, 0.25) is 25.8 Å². The Morgan fingerprint density at radius 3 is 2.25 bits per heavy atom. The molecule has 0 saturated heterocycles. The predicted molar refractivity (Wildman–Crippen MR) is 40.8 cm³/mol. The van der Waals surface area contributed by atoms with Gasteiger partial charge in [0.25, 0.3) is 0 Å². The molecule has 2 radical (unpaired) electrons. The lowest BCUT2D eigenvalue weighted by Gasteiger charge is -2.06. The minimum atomic E-state index is 0.597. The van der Waals surface area contributed by atoms with Gasteiger partial charge in [0.05, 0.1) is 0 Å². The molecule has 0 fully saturated rings. The highest BCUT2D eigenvalue weighted by molar-refractivity contribution is 6.42. The summed E-state index contributed by atoms with van der Waals surface area (Å²) in [4.78, 5) is 0. The maximum atomic E-state index is 5.42. The quantitative estimate of drug-likeness (QED) is 0.527. The van der Waals surface area contributed by atoms with Crippen molar-refractivity contribution >= 4 is 14.6 Å². The average Bonchev–Trinajstić information content (AvgIpc) is 1.83. The van der Waals surface area contributed by atoms with Crippen LogP contribution in [0.5, 0.6) is 0 Å². The van der Waals surface area contributed by atoms with Crippen molar-refractivity contribution in [1.82, 2.24) is 0 Å². The van der Waals surface area contributed by atoms with Crippen molar-refractivity contribution in [2.75, 3.05) is 6.54 Å². The zero-order chi connectivity index (χ0) is 6.41. The van der Waals surface area contributed by atoms with Crippen LogP contribution in [0.25, 0.3) is 0 Å². The van der Waals surface area contributed by atoms with Crippen molar-refractivity contribution in [1.29, 1.82) is 0 Å². The fraction of sp³-hybridized carbons (Fsp3) is 1.00. The second kappa shape index (κ2) is 5.23. The van der Waals surface area contributed by atoms with Crippen molar-refractivity contribution in [2.24, 2.45) is 5.73 Å². The summed E-state index contributed by atoms with van der Waals surface area (Å²) in [6.45, 7) is 4.90. The first-order valence-electron chi connectivity index (χ1n) is 3.12.